The Kier molecular flexibility index (Phi) is 5.92. The van der Waals surface area contributed by atoms with E-state index in [4.69, 9.17) is 11.6 Å². The highest BCUT2D eigenvalue weighted by Gasteiger charge is 2.21. The van der Waals surface area contributed by atoms with Crippen LogP contribution in [-0.4, -0.2) is 23.8 Å². The molecule has 3 N–H and O–H groups in total. The molecule has 1 aromatic rings. The van der Waals surface area contributed by atoms with Crippen LogP contribution >= 0.6 is 11.6 Å². The minimum Gasteiger partial charge on any atom is -0.394 e. The van der Waals surface area contributed by atoms with Gasteiger partial charge in [0.15, 0.2) is 5.82 Å². The quantitative estimate of drug-likeness (QED) is 0.794. The highest BCUT2D eigenvalue weighted by Crippen LogP contribution is 2.26. The number of urea groups is 1. The predicted octanol–water partition coefficient (Wildman–Crippen LogP) is 3.54. The summed E-state index contributed by atoms with van der Waals surface area (Å²) in [4.78, 5) is 11.8. The Morgan fingerprint density at radius 3 is 2.48 bits per heavy atom. The van der Waals surface area contributed by atoms with Crippen molar-refractivity contribution < 1.29 is 18.7 Å². The summed E-state index contributed by atoms with van der Waals surface area (Å²) in [5.41, 5.74) is -0.401. The lowest BCUT2D eigenvalue weighted by Crippen LogP contribution is -2.42. The van der Waals surface area contributed by atoms with E-state index < -0.39 is 23.7 Å². The molecule has 0 radical (unpaired) electrons. The summed E-state index contributed by atoms with van der Waals surface area (Å²) in [6, 6.07) is 0.331. The second-order valence-corrected chi connectivity index (χ2v) is 6.39. The van der Waals surface area contributed by atoms with E-state index in [1.165, 1.54) is 0 Å². The van der Waals surface area contributed by atoms with Gasteiger partial charge in [0.25, 0.3) is 0 Å². The number of aliphatic hydroxyl groups excluding tert-OH is 1. The summed E-state index contributed by atoms with van der Waals surface area (Å²) in [6.45, 7) is 5.65. The average Bonchev–Trinajstić information content (AvgIpc) is 2.31. The average molecular weight is 321 g/mol. The van der Waals surface area contributed by atoms with Crippen LogP contribution in [-0.2, 0) is 0 Å². The molecular formula is C14H19ClF2N2O2. The number of nitrogens with one attached hydrogen (secondary N) is 2. The zero-order chi connectivity index (χ0) is 16.2. The Hall–Kier alpha value is -1.40. The molecule has 0 aliphatic carbocycles. The van der Waals surface area contributed by atoms with Crippen LogP contribution in [0.25, 0.3) is 0 Å². The lowest BCUT2D eigenvalue weighted by molar-refractivity contribution is 0.196. The topological polar surface area (TPSA) is 61.4 Å². The number of anilines is 1. The van der Waals surface area contributed by atoms with Crippen molar-refractivity contribution in [3.63, 3.8) is 0 Å². The number of benzene rings is 1. The van der Waals surface area contributed by atoms with Crippen molar-refractivity contribution in [2.45, 2.75) is 33.2 Å². The Morgan fingerprint density at radius 2 is 2.00 bits per heavy atom. The van der Waals surface area contributed by atoms with E-state index in [0.29, 0.717) is 12.5 Å². The van der Waals surface area contributed by atoms with Crippen LogP contribution in [0.5, 0.6) is 0 Å². The maximum Gasteiger partial charge on any atom is 0.319 e. The normalized spacial score (nSPS) is 12.9. The van der Waals surface area contributed by atoms with Gasteiger partial charge < -0.3 is 15.7 Å². The second-order valence-electron chi connectivity index (χ2n) is 5.99. The minimum absolute atomic E-state index is 0.0978. The Balaban J connectivity index is 2.73. The highest BCUT2D eigenvalue weighted by molar-refractivity contribution is 6.33. The maximum absolute atomic E-state index is 13.5. The molecule has 0 aliphatic heterocycles. The van der Waals surface area contributed by atoms with Gasteiger partial charge in [0.2, 0.25) is 0 Å². The van der Waals surface area contributed by atoms with Gasteiger partial charge in [-0.2, -0.15) is 0 Å². The molecule has 7 heteroatoms. The number of hydrogen-bond acceptors (Lipinski definition) is 2. The molecule has 1 aromatic carbocycles. The summed E-state index contributed by atoms with van der Waals surface area (Å²) in [5, 5.41) is 13.8. The number of rotatable bonds is 4. The van der Waals surface area contributed by atoms with Crippen molar-refractivity contribution >= 4 is 23.3 Å². The van der Waals surface area contributed by atoms with Gasteiger partial charge in [-0.05, 0) is 17.9 Å². The van der Waals surface area contributed by atoms with Gasteiger partial charge in [-0.1, -0.05) is 32.4 Å². The van der Waals surface area contributed by atoms with Crippen molar-refractivity contribution in [2.24, 2.45) is 5.41 Å². The zero-order valence-electron chi connectivity index (χ0n) is 12.1. The summed E-state index contributed by atoms with van der Waals surface area (Å²) < 4.78 is 26.5. The number of halogens is 3. The van der Waals surface area contributed by atoms with Crippen LogP contribution in [0.2, 0.25) is 5.02 Å². The smallest absolute Gasteiger partial charge is 0.319 e. The first-order valence-electron chi connectivity index (χ1n) is 6.45. The third-order valence-corrected chi connectivity index (χ3v) is 2.96. The zero-order valence-corrected chi connectivity index (χ0v) is 12.9. The monoisotopic (exact) mass is 320 g/mol. The Morgan fingerprint density at radius 1 is 1.38 bits per heavy atom. The molecule has 118 valence electrons. The minimum atomic E-state index is -0.966. The molecule has 4 nitrogen and oxygen atoms in total. The third kappa shape index (κ3) is 5.85. The number of carbonyl (C=O) groups excluding carboxylic acids is 1. The summed E-state index contributed by atoms with van der Waals surface area (Å²) >= 11 is 5.68. The molecule has 1 atom stereocenters. The SMILES string of the molecule is CC(C)(C)CC(CO)NC(=O)Nc1c(F)cc(F)cc1Cl. The van der Waals surface area contributed by atoms with Crippen LogP contribution in [0.4, 0.5) is 19.3 Å². The Labute approximate surface area is 127 Å². The molecule has 0 spiro atoms. The van der Waals surface area contributed by atoms with Crippen molar-refractivity contribution in [2.75, 3.05) is 11.9 Å². The van der Waals surface area contributed by atoms with Gasteiger partial charge in [0.05, 0.1) is 23.4 Å². The highest BCUT2D eigenvalue weighted by atomic mass is 35.5. The summed E-state index contributed by atoms with van der Waals surface area (Å²) in [5.74, 6) is -1.80. The van der Waals surface area contributed by atoms with Gasteiger partial charge in [-0.25, -0.2) is 13.6 Å². The molecule has 0 aromatic heterocycles. The summed E-state index contributed by atoms with van der Waals surface area (Å²) in [7, 11) is 0. The van der Waals surface area contributed by atoms with Crippen molar-refractivity contribution in [1.29, 1.82) is 0 Å². The molecule has 21 heavy (non-hydrogen) atoms. The van der Waals surface area contributed by atoms with Gasteiger partial charge in [-0.15, -0.1) is 0 Å². The lowest BCUT2D eigenvalue weighted by atomic mass is 9.88. The van der Waals surface area contributed by atoms with E-state index in [0.717, 1.165) is 6.07 Å². The van der Waals surface area contributed by atoms with Gasteiger partial charge in [-0.3, -0.25) is 0 Å². The van der Waals surface area contributed by atoms with E-state index in [9.17, 15) is 18.7 Å². The van der Waals surface area contributed by atoms with Crippen molar-refractivity contribution in [3.05, 3.63) is 28.8 Å². The number of aliphatic hydroxyl groups is 1. The maximum atomic E-state index is 13.5. The van der Waals surface area contributed by atoms with Crippen LogP contribution < -0.4 is 10.6 Å². The number of hydrogen-bond donors (Lipinski definition) is 3. The Bertz CT molecular complexity index is 495. The van der Waals surface area contributed by atoms with Gasteiger partial charge >= 0.3 is 6.03 Å². The first kappa shape index (κ1) is 17.7. The van der Waals surface area contributed by atoms with Crippen molar-refractivity contribution in [1.82, 2.24) is 5.32 Å². The van der Waals surface area contributed by atoms with Crippen LogP contribution in [0.15, 0.2) is 12.1 Å². The first-order chi connectivity index (χ1) is 9.62. The molecule has 0 aliphatic rings. The standard InChI is InChI=1S/C14H19ClF2N2O2/c1-14(2,3)6-9(7-20)18-13(21)19-12-10(15)4-8(16)5-11(12)17/h4-5,9,20H,6-7H2,1-3H3,(H2,18,19,21). The van der Waals surface area contributed by atoms with Crippen LogP contribution in [0.3, 0.4) is 0 Å². The van der Waals surface area contributed by atoms with E-state index in [1.54, 1.807) is 0 Å². The molecule has 0 bridgehead atoms. The van der Waals surface area contributed by atoms with E-state index in [2.05, 4.69) is 10.6 Å². The fourth-order valence-corrected chi connectivity index (χ4v) is 2.14. The van der Waals surface area contributed by atoms with Crippen LogP contribution in [0, 0.1) is 17.0 Å². The molecular weight excluding hydrogens is 302 g/mol. The van der Waals surface area contributed by atoms with E-state index in [1.807, 2.05) is 20.8 Å². The molecule has 0 saturated carbocycles. The van der Waals surface area contributed by atoms with Gasteiger partial charge in [0.1, 0.15) is 5.82 Å². The number of amides is 2. The molecule has 0 saturated heterocycles. The molecule has 1 unspecified atom stereocenters. The predicted molar refractivity (Wildman–Crippen MR) is 78.5 cm³/mol. The molecule has 0 fully saturated rings. The van der Waals surface area contributed by atoms with E-state index >= 15 is 0 Å². The lowest BCUT2D eigenvalue weighted by Gasteiger charge is -2.25. The van der Waals surface area contributed by atoms with E-state index in [-0.39, 0.29) is 22.7 Å². The summed E-state index contributed by atoms with van der Waals surface area (Å²) in [6.07, 6.45) is 0.538. The number of carbonyl (C=O) groups is 1. The fourth-order valence-electron chi connectivity index (χ4n) is 1.90. The molecule has 1 rings (SSSR count). The first-order valence-corrected chi connectivity index (χ1v) is 6.83. The van der Waals surface area contributed by atoms with Crippen molar-refractivity contribution in [3.8, 4) is 0 Å². The molecule has 0 heterocycles. The molecule has 2 amide bonds. The fraction of sp³-hybridized carbons (Fsp3) is 0.500. The van der Waals surface area contributed by atoms with Gasteiger partial charge in [0, 0.05) is 6.07 Å². The van der Waals surface area contributed by atoms with Crippen LogP contribution in [0.1, 0.15) is 27.2 Å². The third-order valence-electron chi connectivity index (χ3n) is 2.66. The second kappa shape index (κ2) is 7.04. The largest absolute Gasteiger partial charge is 0.394 e.